The van der Waals surface area contributed by atoms with E-state index in [1.165, 1.54) is 11.8 Å². The minimum absolute atomic E-state index is 0.100. The number of anilines is 1. The first-order chi connectivity index (χ1) is 17.2. The molecule has 1 heterocycles. The maximum absolute atomic E-state index is 12.6. The van der Waals surface area contributed by atoms with Crippen LogP contribution < -0.4 is 10.6 Å². The highest BCUT2D eigenvalue weighted by atomic mass is 32.2. The Morgan fingerprint density at radius 2 is 1.75 bits per heavy atom. The second-order valence-electron chi connectivity index (χ2n) is 8.52. The number of aryl methyl sites for hydroxylation is 1. The molecular weight excluding hydrogens is 478 g/mol. The van der Waals surface area contributed by atoms with Crippen molar-refractivity contribution in [3.8, 4) is 0 Å². The quantitative estimate of drug-likeness (QED) is 0.308. The van der Waals surface area contributed by atoms with E-state index >= 15 is 0 Å². The van der Waals surface area contributed by atoms with Crippen molar-refractivity contribution in [2.24, 2.45) is 0 Å². The smallest absolute Gasteiger partial charge is 0.338 e. The maximum Gasteiger partial charge on any atom is 0.338 e. The standard InChI is InChI=1S/C26H31N5O4S/c1-6-31-23(18(5)27-24(33)19-10-7-9-17(4)13-19)29-30-26(31)36-15-22(32)28-21-12-8-11-20(14-21)25(34)35-16(2)3/h7-14,16,18H,6,15H2,1-5H3,(H,27,33)(H,28,32)/t18-/m1/s1. The molecule has 0 unspecified atom stereocenters. The average Bonchev–Trinajstić information content (AvgIpc) is 3.25. The fraction of sp³-hybridized carbons (Fsp3) is 0.346. The van der Waals surface area contributed by atoms with Gasteiger partial charge in [-0.15, -0.1) is 10.2 Å². The number of rotatable bonds is 10. The molecule has 36 heavy (non-hydrogen) atoms. The van der Waals surface area contributed by atoms with Crippen molar-refractivity contribution >= 4 is 35.2 Å². The first-order valence-corrected chi connectivity index (χ1v) is 12.7. The first-order valence-electron chi connectivity index (χ1n) is 11.7. The average molecular weight is 510 g/mol. The lowest BCUT2D eigenvalue weighted by Gasteiger charge is -2.15. The number of nitrogens with zero attached hydrogens (tertiary/aromatic N) is 3. The van der Waals surface area contributed by atoms with Crippen LogP contribution in [0.5, 0.6) is 0 Å². The number of ether oxygens (including phenoxy) is 1. The van der Waals surface area contributed by atoms with Crippen LogP contribution in [0.25, 0.3) is 0 Å². The molecule has 3 aromatic rings. The summed E-state index contributed by atoms with van der Waals surface area (Å²) in [5, 5.41) is 14.8. The molecule has 0 fully saturated rings. The summed E-state index contributed by atoms with van der Waals surface area (Å²) in [5.41, 5.74) is 2.46. The van der Waals surface area contributed by atoms with Crippen LogP contribution in [0.3, 0.4) is 0 Å². The molecule has 0 saturated carbocycles. The van der Waals surface area contributed by atoms with E-state index in [9.17, 15) is 14.4 Å². The summed E-state index contributed by atoms with van der Waals surface area (Å²) in [7, 11) is 0. The molecule has 1 atom stereocenters. The van der Waals surface area contributed by atoms with Crippen molar-refractivity contribution in [3.05, 3.63) is 71.0 Å². The molecule has 1 aromatic heterocycles. The number of carbonyl (C=O) groups excluding carboxylic acids is 3. The molecule has 2 aromatic carbocycles. The number of hydrogen-bond donors (Lipinski definition) is 2. The molecule has 2 amide bonds. The monoisotopic (exact) mass is 509 g/mol. The number of esters is 1. The van der Waals surface area contributed by atoms with E-state index in [0.717, 1.165) is 5.56 Å². The van der Waals surface area contributed by atoms with Crippen LogP contribution in [-0.2, 0) is 16.1 Å². The molecule has 0 aliphatic heterocycles. The minimum Gasteiger partial charge on any atom is -0.459 e. The minimum atomic E-state index is -0.442. The van der Waals surface area contributed by atoms with Crippen LogP contribution in [0, 0.1) is 6.92 Å². The van der Waals surface area contributed by atoms with Crippen LogP contribution in [0.4, 0.5) is 5.69 Å². The summed E-state index contributed by atoms with van der Waals surface area (Å²) >= 11 is 1.25. The number of carbonyl (C=O) groups is 3. The van der Waals surface area contributed by atoms with Gasteiger partial charge in [-0.2, -0.15) is 0 Å². The lowest BCUT2D eigenvalue weighted by atomic mass is 10.1. The van der Waals surface area contributed by atoms with Gasteiger partial charge in [0.05, 0.1) is 23.5 Å². The fourth-order valence-electron chi connectivity index (χ4n) is 3.49. The number of hydrogen-bond acceptors (Lipinski definition) is 7. The van der Waals surface area contributed by atoms with Crippen molar-refractivity contribution in [2.75, 3.05) is 11.1 Å². The Morgan fingerprint density at radius 3 is 2.44 bits per heavy atom. The van der Waals surface area contributed by atoms with Gasteiger partial charge in [-0.1, -0.05) is 35.5 Å². The van der Waals surface area contributed by atoms with Crippen LogP contribution in [-0.4, -0.2) is 44.4 Å². The molecule has 0 radical (unpaired) electrons. The Morgan fingerprint density at radius 1 is 1.03 bits per heavy atom. The largest absolute Gasteiger partial charge is 0.459 e. The Bertz CT molecular complexity index is 1240. The molecule has 0 bridgehead atoms. The van der Waals surface area contributed by atoms with Crippen molar-refractivity contribution in [2.45, 2.75) is 58.5 Å². The SMILES string of the molecule is CCn1c(SCC(=O)Nc2cccc(C(=O)OC(C)C)c2)nnc1[C@@H](C)NC(=O)c1cccc(C)c1. The highest BCUT2D eigenvalue weighted by Gasteiger charge is 2.20. The predicted octanol–water partition coefficient (Wildman–Crippen LogP) is 4.39. The van der Waals surface area contributed by atoms with E-state index in [1.807, 2.05) is 43.5 Å². The van der Waals surface area contributed by atoms with Crippen molar-refractivity contribution < 1.29 is 19.1 Å². The second-order valence-corrected chi connectivity index (χ2v) is 9.46. The molecule has 0 spiro atoms. The molecule has 190 valence electrons. The van der Waals surface area contributed by atoms with Crippen molar-refractivity contribution in [1.29, 1.82) is 0 Å². The lowest BCUT2D eigenvalue weighted by molar-refractivity contribution is -0.113. The number of benzene rings is 2. The van der Waals surface area contributed by atoms with Gasteiger partial charge in [-0.25, -0.2) is 4.79 Å². The molecule has 10 heteroatoms. The van der Waals surface area contributed by atoms with Gasteiger partial charge in [0.2, 0.25) is 5.91 Å². The number of thioether (sulfide) groups is 1. The third-order valence-electron chi connectivity index (χ3n) is 5.13. The van der Waals surface area contributed by atoms with E-state index in [-0.39, 0.29) is 29.7 Å². The maximum atomic E-state index is 12.6. The zero-order valence-corrected chi connectivity index (χ0v) is 21.9. The van der Waals surface area contributed by atoms with Gasteiger partial charge in [-0.05, 0) is 65.0 Å². The van der Waals surface area contributed by atoms with Crippen LogP contribution in [0.1, 0.15) is 65.8 Å². The third-order valence-corrected chi connectivity index (χ3v) is 6.10. The molecule has 2 N–H and O–H groups in total. The molecule has 0 saturated heterocycles. The number of aromatic nitrogens is 3. The normalized spacial score (nSPS) is 11.7. The molecular formula is C26H31N5O4S. The summed E-state index contributed by atoms with van der Waals surface area (Å²) in [4.78, 5) is 37.3. The summed E-state index contributed by atoms with van der Waals surface area (Å²) in [6, 6.07) is 13.6. The van der Waals surface area contributed by atoms with Crippen molar-refractivity contribution in [1.82, 2.24) is 20.1 Å². The fourth-order valence-corrected chi connectivity index (χ4v) is 4.30. The van der Waals surface area contributed by atoms with Gasteiger partial charge in [0, 0.05) is 17.8 Å². The third kappa shape index (κ3) is 7.17. The van der Waals surface area contributed by atoms with E-state index in [2.05, 4.69) is 20.8 Å². The Hall–Kier alpha value is -3.66. The molecule has 3 rings (SSSR count). The van der Waals surface area contributed by atoms with E-state index < -0.39 is 5.97 Å². The Kier molecular flexibility index (Phi) is 9.24. The Balaban J connectivity index is 1.60. The molecule has 0 aliphatic carbocycles. The van der Waals surface area contributed by atoms with Gasteiger partial charge < -0.3 is 19.9 Å². The topological polar surface area (TPSA) is 115 Å². The summed E-state index contributed by atoms with van der Waals surface area (Å²) < 4.78 is 7.08. The van der Waals surface area contributed by atoms with E-state index in [4.69, 9.17) is 4.74 Å². The summed E-state index contributed by atoms with van der Waals surface area (Å²) in [6.07, 6.45) is -0.230. The van der Waals surface area contributed by atoms with Crippen molar-refractivity contribution in [3.63, 3.8) is 0 Å². The number of amides is 2. The van der Waals surface area contributed by atoms with Gasteiger partial charge in [-0.3, -0.25) is 9.59 Å². The highest BCUT2D eigenvalue weighted by Crippen LogP contribution is 2.22. The van der Waals surface area contributed by atoms with Crippen LogP contribution in [0.2, 0.25) is 0 Å². The van der Waals surface area contributed by atoms with Crippen LogP contribution >= 0.6 is 11.8 Å². The van der Waals surface area contributed by atoms with Gasteiger partial charge >= 0.3 is 5.97 Å². The van der Waals surface area contributed by atoms with E-state index in [0.29, 0.717) is 34.3 Å². The van der Waals surface area contributed by atoms with Crippen LogP contribution in [0.15, 0.2) is 53.7 Å². The van der Waals surface area contributed by atoms with Gasteiger partial charge in [0.25, 0.3) is 5.91 Å². The number of nitrogens with one attached hydrogen (secondary N) is 2. The zero-order chi connectivity index (χ0) is 26.2. The summed E-state index contributed by atoms with van der Waals surface area (Å²) in [5.74, 6) is -0.171. The van der Waals surface area contributed by atoms with Gasteiger partial charge in [0.1, 0.15) is 0 Å². The second kappa shape index (κ2) is 12.3. The Labute approximate surface area is 215 Å². The zero-order valence-electron chi connectivity index (χ0n) is 21.1. The summed E-state index contributed by atoms with van der Waals surface area (Å²) in [6.45, 7) is 9.87. The predicted molar refractivity (Wildman–Crippen MR) is 139 cm³/mol. The highest BCUT2D eigenvalue weighted by molar-refractivity contribution is 7.99. The lowest BCUT2D eigenvalue weighted by Crippen LogP contribution is -2.28. The van der Waals surface area contributed by atoms with Gasteiger partial charge in [0.15, 0.2) is 11.0 Å². The molecule has 9 nitrogen and oxygen atoms in total. The molecule has 0 aliphatic rings. The first kappa shape index (κ1) is 26.9. The van der Waals surface area contributed by atoms with E-state index in [1.54, 1.807) is 44.2 Å².